The molecule has 2 rings (SSSR count). The van der Waals surface area contributed by atoms with Gasteiger partial charge in [-0.2, -0.15) is 0 Å². The van der Waals surface area contributed by atoms with Gasteiger partial charge in [0.05, 0.1) is 5.56 Å². The van der Waals surface area contributed by atoms with E-state index in [1.165, 1.54) is 16.5 Å². The Kier molecular flexibility index (Phi) is 4.99. The van der Waals surface area contributed by atoms with E-state index < -0.39 is 5.97 Å². The monoisotopic (exact) mass is 301 g/mol. The molecule has 0 fully saturated rings. The fraction of sp³-hybridized carbons (Fsp3) is 0.294. The van der Waals surface area contributed by atoms with Gasteiger partial charge in [-0.05, 0) is 30.5 Å². The fourth-order valence-electron chi connectivity index (χ4n) is 2.11. The number of benzene rings is 1. The van der Waals surface area contributed by atoms with E-state index >= 15 is 0 Å². The Balaban J connectivity index is 2.10. The Bertz CT molecular complexity index is 658. The number of aromatic carboxylic acids is 1. The summed E-state index contributed by atoms with van der Waals surface area (Å²) in [7, 11) is 1.63. The lowest BCUT2D eigenvalue weighted by Crippen LogP contribution is -2.25. The van der Waals surface area contributed by atoms with Crippen molar-refractivity contribution in [3.8, 4) is 0 Å². The second-order valence-corrected chi connectivity index (χ2v) is 5.14. The molecule has 1 amide bonds. The van der Waals surface area contributed by atoms with Crippen molar-refractivity contribution < 1.29 is 19.1 Å². The van der Waals surface area contributed by atoms with Crippen LogP contribution in [0.1, 0.15) is 46.2 Å². The number of carbonyl (C=O) groups is 2. The number of carbonyl (C=O) groups excluding carboxylic acids is 1. The quantitative estimate of drug-likeness (QED) is 0.885. The first-order valence-corrected chi connectivity index (χ1v) is 7.21. The first-order chi connectivity index (χ1) is 10.5. The standard InChI is InChI=1S/C17H19NO4/c1-3-4-5-12-6-8-14(9-7-12)18(2)16(19)15-10-13(11-22-15)17(20)21/h6-11H,3-5H2,1-2H3,(H,20,21). The summed E-state index contributed by atoms with van der Waals surface area (Å²) in [5.41, 5.74) is 1.93. The van der Waals surface area contributed by atoms with Crippen LogP contribution >= 0.6 is 0 Å². The van der Waals surface area contributed by atoms with Crippen molar-refractivity contribution in [2.45, 2.75) is 26.2 Å². The van der Waals surface area contributed by atoms with Crippen LogP contribution in [0.2, 0.25) is 0 Å². The molecular weight excluding hydrogens is 282 g/mol. The van der Waals surface area contributed by atoms with Crippen LogP contribution in [0.3, 0.4) is 0 Å². The summed E-state index contributed by atoms with van der Waals surface area (Å²) < 4.78 is 5.04. The van der Waals surface area contributed by atoms with Crippen molar-refractivity contribution in [3.63, 3.8) is 0 Å². The van der Waals surface area contributed by atoms with Crippen LogP contribution < -0.4 is 4.90 Å². The summed E-state index contributed by atoms with van der Waals surface area (Å²) in [6.07, 6.45) is 4.37. The first kappa shape index (κ1) is 15.8. The normalized spacial score (nSPS) is 10.5. The van der Waals surface area contributed by atoms with Crippen molar-refractivity contribution in [2.75, 3.05) is 11.9 Å². The van der Waals surface area contributed by atoms with Crippen LogP contribution in [0.25, 0.3) is 0 Å². The number of unbranched alkanes of at least 4 members (excludes halogenated alkanes) is 1. The number of aryl methyl sites for hydroxylation is 1. The number of hydrogen-bond acceptors (Lipinski definition) is 3. The molecule has 0 unspecified atom stereocenters. The Morgan fingerprint density at radius 3 is 2.45 bits per heavy atom. The van der Waals surface area contributed by atoms with Crippen LogP contribution in [-0.4, -0.2) is 24.0 Å². The highest BCUT2D eigenvalue weighted by Crippen LogP contribution is 2.18. The minimum Gasteiger partial charge on any atom is -0.478 e. The lowest BCUT2D eigenvalue weighted by molar-refractivity contribution is 0.0696. The van der Waals surface area contributed by atoms with Crippen LogP contribution in [0.15, 0.2) is 41.0 Å². The highest BCUT2D eigenvalue weighted by molar-refractivity contribution is 6.05. The van der Waals surface area contributed by atoms with E-state index in [2.05, 4.69) is 6.92 Å². The molecular formula is C17H19NO4. The Labute approximate surface area is 129 Å². The molecule has 116 valence electrons. The molecule has 0 aliphatic rings. The molecule has 0 bridgehead atoms. The van der Waals surface area contributed by atoms with E-state index in [4.69, 9.17) is 9.52 Å². The number of amides is 1. The topological polar surface area (TPSA) is 70.8 Å². The molecule has 5 nitrogen and oxygen atoms in total. The van der Waals surface area contributed by atoms with Gasteiger partial charge in [-0.25, -0.2) is 4.79 Å². The molecule has 22 heavy (non-hydrogen) atoms. The van der Waals surface area contributed by atoms with Gasteiger partial charge < -0.3 is 14.4 Å². The maximum absolute atomic E-state index is 12.3. The Morgan fingerprint density at radius 2 is 1.91 bits per heavy atom. The van der Waals surface area contributed by atoms with E-state index in [1.807, 2.05) is 24.3 Å². The Morgan fingerprint density at radius 1 is 1.23 bits per heavy atom. The summed E-state index contributed by atoms with van der Waals surface area (Å²) in [5.74, 6) is -1.49. The highest BCUT2D eigenvalue weighted by Gasteiger charge is 2.19. The third-order valence-corrected chi connectivity index (χ3v) is 3.50. The second-order valence-electron chi connectivity index (χ2n) is 5.14. The number of carboxylic acids is 1. The number of nitrogens with zero attached hydrogens (tertiary/aromatic N) is 1. The summed E-state index contributed by atoms with van der Waals surface area (Å²) in [6, 6.07) is 8.99. The van der Waals surface area contributed by atoms with Gasteiger partial charge in [0.1, 0.15) is 6.26 Å². The van der Waals surface area contributed by atoms with Gasteiger partial charge in [0.25, 0.3) is 5.91 Å². The maximum Gasteiger partial charge on any atom is 0.338 e. The minimum absolute atomic E-state index is 0.00922. The van der Waals surface area contributed by atoms with Crippen molar-refractivity contribution in [1.29, 1.82) is 0 Å². The molecule has 5 heteroatoms. The third kappa shape index (κ3) is 3.55. The first-order valence-electron chi connectivity index (χ1n) is 7.21. The van der Waals surface area contributed by atoms with Crippen molar-refractivity contribution in [1.82, 2.24) is 0 Å². The lowest BCUT2D eigenvalue weighted by Gasteiger charge is -2.16. The molecule has 1 heterocycles. The zero-order valence-electron chi connectivity index (χ0n) is 12.7. The van der Waals surface area contributed by atoms with Gasteiger partial charge in [-0.3, -0.25) is 4.79 Å². The fourth-order valence-corrected chi connectivity index (χ4v) is 2.11. The average molecular weight is 301 g/mol. The summed E-state index contributed by atoms with van der Waals surface area (Å²) in [5, 5.41) is 8.85. The molecule has 0 aliphatic heterocycles. The summed E-state index contributed by atoms with van der Waals surface area (Å²) >= 11 is 0. The molecule has 0 saturated heterocycles. The summed E-state index contributed by atoms with van der Waals surface area (Å²) in [4.78, 5) is 24.5. The Hall–Kier alpha value is -2.56. The zero-order chi connectivity index (χ0) is 16.1. The molecule has 1 aromatic carbocycles. The SMILES string of the molecule is CCCCc1ccc(N(C)C(=O)c2cc(C(=O)O)co2)cc1. The molecule has 0 spiro atoms. The number of carboxylic acid groups (broad SMARTS) is 1. The van der Waals surface area contributed by atoms with E-state index in [0.717, 1.165) is 31.2 Å². The van der Waals surface area contributed by atoms with Crippen LogP contribution in [0.5, 0.6) is 0 Å². The van der Waals surface area contributed by atoms with E-state index in [9.17, 15) is 9.59 Å². The summed E-state index contributed by atoms with van der Waals surface area (Å²) in [6.45, 7) is 2.15. The number of anilines is 1. The average Bonchev–Trinajstić information content (AvgIpc) is 3.02. The van der Waals surface area contributed by atoms with Gasteiger partial charge in [-0.15, -0.1) is 0 Å². The van der Waals surface area contributed by atoms with E-state index in [0.29, 0.717) is 0 Å². The molecule has 1 aromatic heterocycles. The van der Waals surface area contributed by atoms with Crippen LogP contribution in [0, 0.1) is 0 Å². The smallest absolute Gasteiger partial charge is 0.338 e. The van der Waals surface area contributed by atoms with E-state index in [-0.39, 0.29) is 17.2 Å². The maximum atomic E-state index is 12.3. The lowest BCUT2D eigenvalue weighted by atomic mass is 10.1. The predicted octanol–water partition coefficient (Wildman–Crippen LogP) is 3.60. The minimum atomic E-state index is -1.12. The zero-order valence-corrected chi connectivity index (χ0v) is 12.7. The number of rotatable bonds is 6. The second kappa shape index (κ2) is 6.93. The van der Waals surface area contributed by atoms with Crippen molar-refractivity contribution in [2.24, 2.45) is 0 Å². The van der Waals surface area contributed by atoms with Crippen molar-refractivity contribution >= 4 is 17.6 Å². The molecule has 1 N–H and O–H groups in total. The number of furan rings is 1. The van der Waals surface area contributed by atoms with Gasteiger partial charge >= 0.3 is 5.97 Å². The van der Waals surface area contributed by atoms with Crippen LogP contribution in [0.4, 0.5) is 5.69 Å². The van der Waals surface area contributed by atoms with Crippen molar-refractivity contribution in [3.05, 3.63) is 53.5 Å². The van der Waals surface area contributed by atoms with Gasteiger partial charge in [-0.1, -0.05) is 25.5 Å². The molecule has 2 aromatic rings. The van der Waals surface area contributed by atoms with E-state index in [1.54, 1.807) is 7.05 Å². The van der Waals surface area contributed by atoms with Gasteiger partial charge in [0, 0.05) is 18.8 Å². The molecule has 0 atom stereocenters. The molecule has 0 saturated carbocycles. The highest BCUT2D eigenvalue weighted by atomic mass is 16.4. The van der Waals surface area contributed by atoms with Crippen LogP contribution in [-0.2, 0) is 6.42 Å². The largest absolute Gasteiger partial charge is 0.478 e. The third-order valence-electron chi connectivity index (χ3n) is 3.50. The number of hydrogen-bond donors (Lipinski definition) is 1. The molecule has 0 radical (unpaired) electrons. The van der Waals surface area contributed by atoms with Gasteiger partial charge in [0.2, 0.25) is 0 Å². The van der Waals surface area contributed by atoms with Gasteiger partial charge in [0.15, 0.2) is 5.76 Å². The predicted molar refractivity (Wildman–Crippen MR) is 83.5 cm³/mol. The molecule has 0 aliphatic carbocycles.